The van der Waals surface area contributed by atoms with Crippen LogP contribution in [0.4, 0.5) is 0 Å². The molecule has 1 heterocycles. The van der Waals surface area contributed by atoms with Gasteiger partial charge in [0, 0.05) is 13.1 Å². The van der Waals surface area contributed by atoms with Crippen LogP contribution in [0, 0.1) is 0 Å². The zero-order chi connectivity index (χ0) is 8.97. The quantitative estimate of drug-likeness (QED) is 0.645. The summed E-state index contributed by atoms with van der Waals surface area (Å²) in [5, 5.41) is 0. The molecule has 1 saturated heterocycles. The highest BCUT2D eigenvalue weighted by Crippen LogP contribution is 2.09. The van der Waals surface area contributed by atoms with Crippen molar-refractivity contribution >= 4 is 17.7 Å². The molecule has 1 aliphatic heterocycles. The van der Waals surface area contributed by atoms with Crippen molar-refractivity contribution in [2.45, 2.75) is 18.9 Å². The van der Waals surface area contributed by atoms with Gasteiger partial charge in [0.05, 0.1) is 6.04 Å². The van der Waals surface area contributed by atoms with Gasteiger partial charge < -0.3 is 10.6 Å². The molecular weight excluding hydrogens is 172 g/mol. The highest BCUT2D eigenvalue weighted by molar-refractivity contribution is 7.98. The van der Waals surface area contributed by atoms with Gasteiger partial charge in [-0.25, -0.2) is 0 Å². The summed E-state index contributed by atoms with van der Waals surface area (Å²) < 4.78 is 0. The molecule has 1 fully saturated rings. The van der Waals surface area contributed by atoms with Gasteiger partial charge in [-0.2, -0.15) is 11.8 Å². The van der Waals surface area contributed by atoms with Crippen molar-refractivity contribution in [3.05, 3.63) is 0 Å². The van der Waals surface area contributed by atoms with E-state index >= 15 is 0 Å². The van der Waals surface area contributed by atoms with E-state index in [0.29, 0.717) is 0 Å². The summed E-state index contributed by atoms with van der Waals surface area (Å²) in [7, 11) is 0. The SMILES string of the molecule is CSCCCN1CCC(N)C1=O. The van der Waals surface area contributed by atoms with E-state index in [9.17, 15) is 4.79 Å². The van der Waals surface area contributed by atoms with Crippen molar-refractivity contribution in [1.82, 2.24) is 4.90 Å². The third-order valence-electron chi connectivity index (χ3n) is 2.12. The fourth-order valence-corrected chi connectivity index (χ4v) is 1.80. The second-order valence-corrected chi connectivity index (χ2v) is 4.05. The van der Waals surface area contributed by atoms with Crippen LogP contribution in [-0.2, 0) is 4.79 Å². The number of nitrogens with zero attached hydrogens (tertiary/aromatic N) is 1. The predicted octanol–water partition coefficient (Wildman–Crippen LogP) is 0.299. The van der Waals surface area contributed by atoms with E-state index in [1.165, 1.54) is 0 Å². The maximum atomic E-state index is 11.3. The Balaban J connectivity index is 2.20. The van der Waals surface area contributed by atoms with Crippen LogP contribution < -0.4 is 5.73 Å². The Morgan fingerprint density at radius 1 is 1.75 bits per heavy atom. The Kier molecular flexibility index (Phi) is 3.88. The predicted molar refractivity (Wildman–Crippen MR) is 52.2 cm³/mol. The molecule has 0 aliphatic carbocycles. The van der Waals surface area contributed by atoms with Gasteiger partial charge in [-0.05, 0) is 24.9 Å². The lowest BCUT2D eigenvalue weighted by molar-refractivity contribution is -0.128. The number of nitrogens with two attached hydrogens (primary N) is 1. The largest absolute Gasteiger partial charge is 0.341 e. The summed E-state index contributed by atoms with van der Waals surface area (Å²) in [6.45, 7) is 1.74. The Hall–Kier alpha value is -0.220. The first kappa shape index (κ1) is 9.86. The normalized spacial score (nSPS) is 23.7. The summed E-state index contributed by atoms with van der Waals surface area (Å²) in [5.41, 5.74) is 5.58. The number of rotatable bonds is 4. The van der Waals surface area contributed by atoms with E-state index in [2.05, 4.69) is 6.26 Å². The molecule has 1 atom stereocenters. The summed E-state index contributed by atoms with van der Waals surface area (Å²) in [6.07, 6.45) is 4.00. The maximum Gasteiger partial charge on any atom is 0.239 e. The molecule has 0 aromatic carbocycles. The van der Waals surface area contributed by atoms with E-state index in [1.807, 2.05) is 16.7 Å². The number of hydrogen-bond donors (Lipinski definition) is 1. The second kappa shape index (κ2) is 4.72. The van der Waals surface area contributed by atoms with Crippen LogP contribution in [0.2, 0.25) is 0 Å². The summed E-state index contributed by atoms with van der Waals surface area (Å²) >= 11 is 1.82. The van der Waals surface area contributed by atoms with E-state index in [0.717, 1.165) is 31.7 Å². The van der Waals surface area contributed by atoms with E-state index in [-0.39, 0.29) is 11.9 Å². The van der Waals surface area contributed by atoms with E-state index in [4.69, 9.17) is 5.73 Å². The molecule has 1 rings (SSSR count). The number of likely N-dealkylation sites (tertiary alicyclic amines) is 1. The molecule has 0 bridgehead atoms. The van der Waals surface area contributed by atoms with Crippen LogP contribution in [0.5, 0.6) is 0 Å². The van der Waals surface area contributed by atoms with Crippen LogP contribution in [-0.4, -0.2) is 41.9 Å². The Labute approximate surface area is 77.7 Å². The van der Waals surface area contributed by atoms with Gasteiger partial charge >= 0.3 is 0 Å². The molecule has 1 aliphatic rings. The molecule has 2 N–H and O–H groups in total. The van der Waals surface area contributed by atoms with Crippen molar-refractivity contribution in [3.63, 3.8) is 0 Å². The minimum Gasteiger partial charge on any atom is -0.341 e. The van der Waals surface area contributed by atoms with Crippen LogP contribution in [0.1, 0.15) is 12.8 Å². The number of hydrogen-bond acceptors (Lipinski definition) is 3. The van der Waals surface area contributed by atoms with Crippen LogP contribution in [0.15, 0.2) is 0 Å². The molecular formula is C8H16N2OS. The van der Waals surface area contributed by atoms with Crippen molar-refractivity contribution in [1.29, 1.82) is 0 Å². The monoisotopic (exact) mass is 188 g/mol. The molecule has 0 saturated carbocycles. The summed E-state index contributed by atoms with van der Waals surface area (Å²) in [5.74, 6) is 1.26. The van der Waals surface area contributed by atoms with Crippen LogP contribution in [0.25, 0.3) is 0 Å². The van der Waals surface area contributed by atoms with Crippen molar-refractivity contribution in [3.8, 4) is 0 Å². The third kappa shape index (κ3) is 2.38. The smallest absolute Gasteiger partial charge is 0.239 e. The third-order valence-corrected chi connectivity index (χ3v) is 2.81. The molecule has 0 aromatic heterocycles. The van der Waals surface area contributed by atoms with Gasteiger partial charge in [0.25, 0.3) is 0 Å². The number of amides is 1. The lowest BCUT2D eigenvalue weighted by atomic mass is 10.3. The molecule has 1 amide bonds. The highest BCUT2D eigenvalue weighted by Gasteiger charge is 2.27. The number of carbonyl (C=O) groups excluding carboxylic acids is 1. The van der Waals surface area contributed by atoms with E-state index < -0.39 is 0 Å². The zero-order valence-corrected chi connectivity index (χ0v) is 8.27. The van der Waals surface area contributed by atoms with Crippen LogP contribution in [0.3, 0.4) is 0 Å². The first-order valence-electron chi connectivity index (χ1n) is 4.29. The fraction of sp³-hybridized carbons (Fsp3) is 0.875. The van der Waals surface area contributed by atoms with Gasteiger partial charge in [0.1, 0.15) is 0 Å². The summed E-state index contributed by atoms with van der Waals surface area (Å²) in [6, 6.07) is -0.223. The fourth-order valence-electron chi connectivity index (χ4n) is 1.38. The van der Waals surface area contributed by atoms with Gasteiger partial charge in [0.2, 0.25) is 5.91 Å². The second-order valence-electron chi connectivity index (χ2n) is 3.07. The average Bonchev–Trinajstić information content (AvgIpc) is 2.36. The average molecular weight is 188 g/mol. The molecule has 1 unspecified atom stereocenters. The lowest BCUT2D eigenvalue weighted by Crippen LogP contribution is -2.34. The maximum absolute atomic E-state index is 11.3. The standard InChI is InChI=1S/C8H16N2OS/c1-12-6-2-4-10-5-3-7(9)8(10)11/h7H,2-6,9H2,1H3. The topological polar surface area (TPSA) is 46.3 Å². The molecule has 70 valence electrons. The van der Waals surface area contributed by atoms with Gasteiger partial charge in [-0.1, -0.05) is 0 Å². The van der Waals surface area contributed by atoms with Gasteiger partial charge in [-0.3, -0.25) is 4.79 Å². The molecule has 3 nitrogen and oxygen atoms in total. The van der Waals surface area contributed by atoms with Crippen molar-refractivity contribution < 1.29 is 4.79 Å². The molecule has 4 heteroatoms. The molecule has 12 heavy (non-hydrogen) atoms. The summed E-state index contributed by atoms with van der Waals surface area (Å²) in [4.78, 5) is 13.2. The van der Waals surface area contributed by atoms with Crippen molar-refractivity contribution in [2.75, 3.05) is 25.1 Å². The Morgan fingerprint density at radius 2 is 2.50 bits per heavy atom. The first-order chi connectivity index (χ1) is 5.75. The van der Waals surface area contributed by atoms with Crippen molar-refractivity contribution in [2.24, 2.45) is 5.73 Å². The first-order valence-corrected chi connectivity index (χ1v) is 5.68. The minimum absolute atomic E-state index is 0.135. The zero-order valence-electron chi connectivity index (χ0n) is 7.45. The number of thioether (sulfide) groups is 1. The lowest BCUT2D eigenvalue weighted by Gasteiger charge is -2.14. The van der Waals surface area contributed by atoms with Gasteiger partial charge in [-0.15, -0.1) is 0 Å². The number of carbonyl (C=O) groups is 1. The Bertz CT molecular complexity index is 163. The van der Waals surface area contributed by atoms with Gasteiger partial charge in [0.15, 0.2) is 0 Å². The molecule has 0 aromatic rings. The Morgan fingerprint density at radius 3 is 3.00 bits per heavy atom. The van der Waals surface area contributed by atoms with E-state index in [1.54, 1.807) is 0 Å². The molecule has 0 spiro atoms. The minimum atomic E-state index is -0.223. The molecule has 0 radical (unpaired) electrons. The van der Waals surface area contributed by atoms with Crippen LogP contribution >= 0.6 is 11.8 Å². The highest BCUT2D eigenvalue weighted by atomic mass is 32.2.